The molecule has 78 valence electrons. The van der Waals surface area contributed by atoms with E-state index in [-0.39, 0.29) is 0 Å². The van der Waals surface area contributed by atoms with E-state index >= 15 is 0 Å². The average molecular weight is 184 g/mol. The molecule has 0 aromatic heterocycles. The van der Waals surface area contributed by atoms with Gasteiger partial charge in [0.05, 0.1) is 0 Å². The fourth-order valence-electron chi connectivity index (χ4n) is 1.46. The van der Waals surface area contributed by atoms with Gasteiger partial charge in [0.1, 0.15) is 0 Å². The molecular weight excluding hydrogens is 159 g/mol. The van der Waals surface area contributed by atoms with Crippen LogP contribution in [0.3, 0.4) is 0 Å². The topological polar surface area (TPSA) is 9.23 Å². The third-order valence-electron chi connectivity index (χ3n) is 3.32. The maximum Gasteiger partial charge on any atom is 0.295 e. The Balaban J connectivity index is 3.97. The van der Waals surface area contributed by atoms with E-state index in [9.17, 15) is 0 Å². The van der Waals surface area contributed by atoms with Gasteiger partial charge in [-0.2, -0.15) is 0 Å². The Labute approximate surface area is 84.4 Å². The van der Waals surface area contributed by atoms with Crippen molar-refractivity contribution in [1.29, 1.82) is 0 Å². The highest BCUT2D eigenvalue weighted by Gasteiger charge is 2.24. The van der Waals surface area contributed by atoms with Gasteiger partial charge in [0.25, 0.3) is 6.92 Å². The third kappa shape index (κ3) is 4.71. The molecule has 0 aromatic carbocycles. The minimum atomic E-state index is 0.447. The van der Waals surface area contributed by atoms with E-state index in [1.165, 1.54) is 12.7 Å². The van der Waals surface area contributed by atoms with Crippen LogP contribution in [0, 0.1) is 11.8 Å². The van der Waals surface area contributed by atoms with E-state index in [1.54, 1.807) is 0 Å². The SMILES string of the molecule is CCC(C)B(C[C@@H](C)C(C)C)OC. The van der Waals surface area contributed by atoms with Gasteiger partial charge in [-0.25, -0.2) is 0 Å². The van der Waals surface area contributed by atoms with Crippen LogP contribution in [0.2, 0.25) is 12.1 Å². The number of hydrogen-bond donors (Lipinski definition) is 0. The second-order valence-corrected chi connectivity index (χ2v) is 4.62. The molecule has 0 aliphatic heterocycles. The van der Waals surface area contributed by atoms with Crippen LogP contribution in [0.1, 0.15) is 41.0 Å². The van der Waals surface area contributed by atoms with Gasteiger partial charge in [0.15, 0.2) is 0 Å². The van der Waals surface area contributed by atoms with Crippen LogP contribution in [0.15, 0.2) is 0 Å². The van der Waals surface area contributed by atoms with Crippen LogP contribution in [0.25, 0.3) is 0 Å². The summed E-state index contributed by atoms with van der Waals surface area (Å²) in [5, 5.41) is 0. The largest absolute Gasteiger partial charge is 0.438 e. The lowest BCUT2D eigenvalue weighted by Gasteiger charge is -2.23. The summed E-state index contributed by atoms with van der Waals surface area (Å²) in [5.41, 5.74) is 0. The van der Waals surface area contributed by atoms with Crippen molar-refractivity contribution in [2.24, 2.45) is 11.8 Å². The molecule has 2 heteroatoms. The summed E-state index contributed by atoms with van der Waals surface area (Å²) in [6, 6.07) is 0. The first-order chi connectivity index (χ1) is 6.02. The van der Waals surface area contributed by atoms with E-state index in [2.05, 4.69) is 34.6 Å². The molecule has 0 bridgehead atoms. The molecule has 0 saturated heterocycles. The van der Waals surface area contributed by atoms with Crippen molar-refractivity contribution in [3.8, 4) is 0 Å². The van der Waals surface area contributed by atoms with E-state index in [1.807, 2.05) is 7.11 Å². The van der Waals surface area contributed by atoms with E-state index < -0.39 is 0 Å². The van der Waals surface area contributed by atoms with Gasteiger partial charge in [-0.15, -0.1) is 0 Å². The minimum Gasteiger partial charge on any atom is -0.438 e. The molecule has 0 spiro atoms. The van der Waals surface area contributed by atoms with Gasteiger partial charge in [-0.05, 0) is 24.0 Å². The zero-order valence-electron chi connectivity index (χ0n) is 10.1. The van der Waals surface area contributed by atoms with Crippen molar-refractivity contribution in [3.63, 3.8) is 0 Å². The lowest BCUT2D eigenvalue weighted by atomic mass is 9.50. The molecule has 0 radical (unpaired) electrons. The van der Waals surface area contributed by atoms with E-state index in [4.69, 9.17) is 4.65 Å². The van der Waals surface area contributed by atoms with Crippen LogP contribution in [-0.4, -0.2) is 14.0 Å². The molecular formula is C11H25BO. The monoisotopic (exact) mass is 184 g/mol. The van der Waals surface area contributed by atoms with Crippen LogP contribution in [0.5, 0.6) is 0 Å². The van der Waals surface area contributed by atoms with Crippen molar-refractivity contribution in [2.45, 2.75) is 53.2 Å². The molecule has 0 amide bonds. The highest BCUT2D eigenvalue weighted by atomic mass is 16.4. The Morgan fingerprint density at radius 1 is 1.15 bits per heavy atom. The normalized spacial score (nSPS) is 15.9. The van der Waals surface area contributed by atoms with Gasteiger partial charge in [-0.1, -0.05) is 41.0 Å². The molecule has 0 aromatic rings. The van der Waals surface area contributed by atoms with Crippen LogP contribution in [0.4, 0.5) is 0 Å². The van der Waals surface area contributed by atoms with Gasteiger partial charge in [0, 0.05) is 7.11 Å². The quantitative estimate of drug-likeness (QED) is 0.571. The molecule has 0 rings (SSSR count). The van der Waals surface area contributed by atoms with E-state index in [0.29, 0.717) is 12.7 Å². The van der Waals surface area contributed by atoms with Crippen molar-refractivity contribution < 1.29 is 4.65 Å². The Hall–Kier alpha value is 0.0249. The molecule has 0 aliphatic carbocycles. The second-order valence-electron chi connectivity index (χ2n) is 4.62. The molecule has 1 unspecified atom stereocenters. The number of hydrogen-bond acceptors (Lipinski definition) is 1. The van der Waals surface area contributed by atoms with Crippen LogP contribution in [-0.2, 0) is 4.65 Å². The standard InChI is InChI=1S/C11H25BO/c1-7-11(5)12(13-6)8-10(4)9(2)3/h9-11H,7-8H2,1-6H3/t10-,11?/m1/s1. The maximum atomic E-state index is 5.52. The minimum absolute atomic E-state index is 0.447. The first-order valence-corrected chi connectivity index (χ1v) is 5.55. The van der Waals surface area contributed by atoms with Crippen molar-refractivity contribution >= 4 is 6.92 Å². The summed E-state index contributed by atoms with van der Waals surface area (Å²) < 4.78 is 5.52. The first-order valence-electron chi connectivity index (χ1n) is 5.55. The summed E-state index contributed by atoms with van der Waals surface area (Å²) in [4.78, 5) is 0. The third-order valence-corrected chi connectivity index (χ3v) is 3.32. The summed E-state index contributed by atoms with van der Waals surface area (Å²) in [5.74, 6) is 2.21. The van der Waals surface area contributed by atoms with E-state index in [0.717, 1.165) is 11.8 Å². The number of rotatable bonds is 6. The Morgan fingerprint density at radius 3 is 2.00 bits per heavy atom. The highest BCUT2D eigenvalue weighted by Crippen LogP contribution is 2.24. The van der Waals surface area contributed by atoms with Crippen LogP contribution >= 0.6 is 0 Å². The van der Waals surface area contributed by atoms with Gasteiger partial charge >= 0.3 is 0 Å². The van der Waals surface area contributed by atoms with Gasteiger partial charge < -0.3 is 4.65 Å². The summed E-state index contributed by atoms with van der Waals surface area (Å²) in [7, 11) is 1.84. The predicted octanol–water partition coefficient (Wildman–Crippen LogP) is 3.72. The zero-order valence-corrected chi connectivity index (χ0v) is 10.1. The molecule has 2 atom stereocenters. The van der Waals surface area contributed by atoms with Gasteiger partial charge in [-0.3, -0.25) is 0 Å². The van der Waals surface area contributed by atoms with Crippen molar-refractivity contribution in [3.05, 3.63) is 0 Å². The molecule has 0 aliphatic rings. The molecule has 0 N–H and O–H groups in total. The lowest BCUT2D eigenvalue weighted by molar-refractivity contribution is 0.375. The van der Waals surface area contributed by atoms with Crippen molar-refractivity contribution in [1.82, 2.24) is 0 Å². The first kappa shape index (κ1) is 13.0. The average Bonchev–Trinajstić information content (AvgIpc) is 2.12. The molecule has 0 saturated carbocycles. The summed E-state index contributed by atoms with van der Waals surface area (Å²) in [6.45, 7) is 11.8. The van der Waals surface area contributed by atoms with Crippen LogP contribution < -0.4 is 0 Å². The molecule has 1 nitrogen and oxygen atoms in total. The fourth-order valence-corrected chi connectivity index (χ4v) is 1.46. The Kier molecular flexibility index (Phi) is 6.49. The van der Waals surface area contributed by atoms with Gasteiger partial charge in [0.2, 0.25) is 0 Å². The predicted molar refractivity (Wildman–Crippen MR) is 61.3 cm³/mol. The molecule has 13 heavy (non-hydrogen) atoms. The van der Waals surface area contributed by atoms with Crippen molar-refractivity contribution in [2.75, 3.05) is 7.11 Å². The summed E-state index contributed by atoms with van der Waals surface area (Å²) >= 11 is 0. The Morgan fingerprint density at radius 2 is 1.69 bits per heavy atom. The highest BCUT2D eigenvalue weighted by molar-refractivity contribution is 6.53. The molecule has 0 fully saturated rings. The zero-order chi connectivity index (χ0) is 10.4. The second kappa shape index (κ2) is 6.47. The molecule has 0 heterocycles. The maximum absolute atomic E-state index is 5.52. The smallest absolute Gasteiger partial charge is 0.295 e. The summed E-state index contributed by atoms with van der Waals surface area (Å²) in [6.07, 6.45) is 2.41. The Bertz CT molecular complexity index is 125. The lowest BCUT2D eigenvalue weighted by Crippen LogP contribution is -2.25. The fraction of sp³-hybridized carbons (Fsp3) is 1.00.